The highest BCUT2D eigenvalue weighted by Gasteiger charge is 2.26. The number of anilines is 1. The number of nitrogens with one attached hydrogen (secondary N) is 1. The molecule has 1 fully saturated rings. The number of aromatic nitrogens is 2. The molecule has 0 spiro atoms. The maximum absolute atomic E-state index is 11.6. The van der Waals surface area contributed by atoms with Crippen LogP contribution in [-0.2, 0) is 10.3 Å². The molecule has 1 aliphatic rings. The highest BCUT2D eigenvalue weighted by molar-refractivity contribution is 6.05. The van der Waals surface area contributed by atoms with Crippen LogP contribution in [0.15, 0.2) is 12.4 Å². The van der Waals surface area contributed by atoms with Crippen LogP contribution in [0.3, 0.4) is 0 Å². The van der Waals surface area contributed by atoms with E-state index in [9.17, 15) is 9.59 Å². The van der Waals surface area contributed by atoms with Crippen LogP contribution in [0, 0.1) is 0 Å². The van der Waals surface area contributed by atoms with Crippen molar-refractivity contribution >= 4 is 17.6 Å². The fourth-order valence-electron chi connectivity index (χ4n) is 1.63. The number of hydrogen-bond donors (Lipinski definition) is 1. The first kappa shape index (κ1) is 11.6. The van der Waals surface area contributed by atoms with Crippen molar-refractivity contribution in [2.75, 3.05) is 11.4 Å². The lowest BCUT2D eigenvalue weighted by atomic mass is 10.1. The van der Waals surface area contributed by atoms with Gasteiger partial charge in [-0.2, -0.15) is 5.10 Å². The Bertz CT molecular complexity index is 458. The molecule has 6 nitrogen and oxygen atoms in total. The summed E-state index contributed by atoms with van der Waals surface area (Å²) in [4.78, 5) is 24.2. The number of nitrogens with zero attached hydrogens (tertiary/aromatic N) is 3. The minimum absolute atomic E-state index is 0.125. The van der Waals surface area contributed by atoms with Crippen molar-refractivity contribution in [3.8, 4) is 0 Å². The van der Waals surface area contributed by atoms with Gasteiger partial charge >= 0.3 is 6.03 Å². The highest BCUT2D eigenvalue weighted by Crippen LogP contribution is 2.20. The number of carbonyl (C=O) groups excluding carboxylic acids is 2. The Morgan fingerprint density at radius 3 is 2.59 bits per heavy atom. The van der Waals surface area contributed by atoms with Gasteiger partial charge in [-0.15, -0.1) is 0 Å². The second-order valence-electron chi connectivity index (χ2n) is 5.07. The minimum Gasteiger partial charge on any atom is -0.290 e. The van der Waals surface area contributed by atoms with Gasteiger partial charge in [0, 0.05) is 19.2 Å². The number of rotatable bonds is 1. The number of imide groups is 1. The van der Waals surface area contributed by atoms with E-state index in [0.717, 1.165) is 0 Å². The van der Waals surface area contributed by atoms with Gasteiger partial charge in [-0.3, -0.25) is 19.7 Å². The fourth-order valence-corrected chi connectivity index (χ4v) is 1.63. The first-order valence-electron chi connectivity index (χ1n) is 5.54. The van der Waals surface area contributed by atoms with E-state index < -0.39 is 0 Å². The first-order valence-corrected chi connectivity index (χ1v) is 5.54. The van der Waals surface area contributed by atoms with Gasteiger partial charge in [-0.25, -0.2) is 4.79 Å². The summed E-state index contributed by atoms with van der Waals surface area (Å²) in [6, 6.07) is -0.380. The standard InChI is InChI=1S/C11H16N4O2/c1-11(2,3)15-7-8(6-12-15)14-5-4-9(16)13-10(14)17/h6-7H,4-5H2,1-3H3,(H,13,16,17). The smallest absolute Gasteiger partial charge is 0.290 e. The second kappa shape index (κ2) is 3.87. The number of carbonyl (C=O) groups is 2. The predicted molar refractivity (Wildman–Crippen MR) is 62.7 cm³/mol. The van der Waals surface area contributed by atoms with E-state index in [4.69, 9.17) is 0 Å². The summed E-state index contributed by atoms with van der Waals surface area (Å²) in [5, 5.41) is 6.51. The molecule has 2 heterocycles. The van der Waals surface area contributed by atoms with Crippen molar-refractivity contribution in [2.45, 2.75) is 32.7 Å². The van der Waals surface area contributed by atoms with E-state index in [1.54, 1.807) is 10.9 Å². The molecule has 1 aromatic rings. The maximum atomic E-state index is 11.6. The molecule has 0 aliphatic carbocycles. The molecule has 92 valence electrons. The van der Waals surface area contributed by atoms with E-state index in [0.29, 0.717) is 18.7 Å². The second-order valence-corrected chi connectivity index (χ2v) is 5.07. The lowest BCUT2D eigenvalue weighted by molar-refractivity contribution is -0.120. The first-order chi connectivity index (χ1) is 7.88. The normalized spacial score (nSPS) is 17.2. The van der Waals surface area contributed by atoms with Gasteiger partial charge in [0.05, 0.1) is 17.4 Å². The van der Waals surface area contributed by atoms with E-state index in [1.807, 2.05) is 27.0 Å². The molecule has 1 aromatic heterocycles. The maximum Gasteiger partial charge on any atom is 0.328 e. The van der Waals surface area contributed by atoms with Crippen molar-refractivity contribution in [1.82, 2.24) is 15.1 Å². The summed E-state index contributed by atoms with van der Waals surface area (Å²) >= 11 is 0. The molecule has 0 saturated carbocycles. The third-order valence-electron chi connectivity index (χ3n) is 2.62. The van der Waals surface area contributed by atoms with Crippen molar-refractivity contribution in [3.05, 3.63) is 12.4 Å². The van der Waals surface area contributed by atoms with Gasteiger partial charge in [-0.1, -0.05) is 0 Å². The quantitative estimate of drug-likeness (QED) is 0.793. The lowest BCUT2D eigenvalue weighted by Gasteiger charge is -2.25. The Morgan fingerprint density at radius 2 is 2.06 bits per heavy atom. The molecule has 0 bridgehead atoms. The van der Waals surface area contributed by atoms with Crippen LogP contribution in [0.4, 0.5) is 10.5 Å². The van der Waals surface area contributed by atoms with Crippen molar-refractivity contribution < 1.29 is 9.59 Å². The highest BCUT2D eigenvalue weighted by atomic mass is 16.2. The van der Waals surface area contributed by atoms with Gasteiger partial charge in [0.15, 0.2) is 0 Å². The Morgan fingerprint density at radius 1 is 1.35 bits per heavy atom. The molecule has 2 rings (SSSR count). The summed E-state index contributed by atoms with van der Waals surface area (Å²) in [5.74, 6) is -0.227. The molecule has 0 atom stereocenters. The molecule has 0 radical (unpaired) electrons. The van der Waals surface area contributed by atoms with Gasteiger partial charge in [0.2, 0.25) is 5.91 Å². The summed E-state index contributed by atoms with van der Waals surface area (Å²) in [7, 11) is 0. The molecule has 6 heteroatoms. The van der Waals surface area contributed by atoms with Crippen molar-refractivity contribution in [1.29, 1.82) is 0 Å². The number of urea groups is 1. The fraction of sp³-hybridized carbons (Fsp3) is 0.545. The molecule has 17 heavy (non-hydrogen) atoms. The van der Waals surface area contributed by atoms with Crippen molar-refractivity contribution in [3.63, 3.8) is 0 Å². The topological polar surface area (TPSA) is 67.2 Å². The Balaban J connectivity index is 2.21. The molecular weight excluding hydrogens is 220 g/mol. The molecule has 1 N–H and O–H groups in total. The molecule has 1 saturated heterocycles. The third kappa shape index (κ3) is 2.30. The average Bonchev–Trinajstić information content (AvgIpc) is 2.65. The van der Waals surface area contributed by atoms with E-state index in [2.05, 4.69) is 10.4 Å². The van der Waals surface area contributed by atoms with E-state index in [1.165, 1.54) is 4.90 Å². The lowest BCUT2D eigenvalue weighted by Crippen LogP contribution is -2.49. The molecule has 1 aliphatic heterocycles. The third-order valence-corrected chi connectivity index (χ3v) is 2.62. The van der Waals surface area contributed by atoms with Crippen LogP contribution in [0.5, 0.6) is 0 Å². The zero-order chi connectivity index (χ0) is 12.6. The molecule has 0 aromatic carbocycles. The Kier molecular flexibility index (Phi) is 2.65. The minimum atomic E-state index is -0.380. The Labute approximate surface area is 99.6 Å². The monoisotopic (exact) mass is 236 g/mol. The van der Waals surface area contributed by atoms with Gasteiger partial charge in [0.25, 0.3) is 0 Å². The van der Waals surface area contributed by atoms with Crippen LogP contribution in [0.25, 0.3) is 0 Å². The number of amides is 3. The summed E-state index contributed by atoms with van der Waals surface area (Å²) in [5.41, 5.74) is 0.588. The molecule has 0 unspecified atom stereocenters. The van der Waals surface area contributed by atoms with Crippen molar-refractivity contribution in [2.24, 2.45) is 0 Å². The zero-order valence-corrected chi connectivity index (χ0v) is 10.2. The number of hydrogen-bond acceptors (Lipinski definition) is 3. The van der Waals surface area contributed by atoms with Gasteiger partial charge in [0.1, 0.15) is 0 Å². The molecular formula is C11H16N4O2. The van der Waals surface area contributed by atoms with Crippen LogP contribution >= 0.6 is 0 Å². The Hall–Kier alpha value is -1.85. The van der Waals surface area contributed by atoms with Gasteiger partial charge in [-0.05, 0) is 20.8 Å². The SMILES string of the molecule is CC(C)(C)n1cc(N2CCC(=O)NC2=O)cn1. The van der Waals surface area contributed by atoms with Crippen LogP contribution < -0.4 is 10.2 Å². The summed E-state index contributed by atoms with van der Waals surface area (Å²) < 4.78 is 1.80. The van der Waals surface area contributed by atoms with E-state index >= 15 is 0 Å². The van der Waals surface area contributed by atoms with Gasteiger partial charge < -0.3 is 0 Å². The van der Waals surface area contributed by atoms with Crippen LogP contribution in [0.2, 0.25) is 0 Å². The summed E-state index contributed by atoms with van der Waals surface area (Å²) in [6.45, 7) is 6.50. The van der Waals surface area contributed by atoms with Crippen LogP contribution in [0.1, 0.15) is 27.2 Å². The predicted octanol–water partition coefficient (Wildman–Crippen LogP) is 1.08. The van der Waals surface area contributed by atoms with Crippen LogP contribution in [-0.4, -0.2) is 28.3 Å². The summed E-state index contributed by atoms with van der Waals surface area (Å²) in [6.07, 6.45) is 3.78. The largest absolute Gasteiger partial charge is 0.328 e. The average molecular weight is 236 g/mol. The zero-order valence-electron chi connectivity index (χ0n) is 10.2. The van der Waals surface area contributed by atoms with E-state index in [-0.39, 0.29) is 17.5 Å². The molecule has 3 amide bonds.